The molecule has 1 N–H and O–H groups in total. The molecule has 0 atom stereocenters. The number of carbonyl (C=O) groups is 1. The number of ether oxygens (including phenoxy) is 1. The molecule has 0 radical (unpaired) electrons. The second-order valence-electron chi connectivity index (χ2n) is 4.43. The molecule has 0 saturated carbocycles. The molecule has 0 unspecified atom stereocenters. The Bertz CT molecular complexity index is 577. The molecule has 1 aromatic carbocycles. The van der Waals surface area contributed by atoms with E-state index in [1.807, 2.05) is 18.2 Å². The maximum Gasteiger partial charge on any atom is 0.225 e. The number of amides is 1. The predicted octanol–water partition coefficient (Wildman–Crippen LogP) is 1.69. The Morgan fingerprint density at radius 1 is 1.33 bits per heavy atom. The Labute approximate surface area is 133 Å². The van der Waals surface area contributed by atoms with E-state index < -0.39 is 10.0 Å². The normalized spacial score (nSPS) is 11.6. The van der Waals surface area contributed by atoms with E-state index in [4.69, 9.17) is 4.74 Å². The standard InChI is InChI=1S/C13H19BrN2O4S/c1-20-10-9-16(21(2,18)19)8-7-13(17)15-12-6-4-3-5-11(12)14/h3-6H,7-10H2,1-2H3,(H,15,17). The molecule has 118 valence electrons. The first-order chi connectivity index (χ1) is 9.84. The lowest BCUT2D eigenvalue weighted by molar-refractivity contribution is -0.116. The summed E-state index contributed by atoms with van der Waals surface area (Å²) in [6.45, 7) is 0.648. The number of methoxy groups -OCH3 is 1. The predicted molar refractivity (Wildman–Crippen MR) is 85.7 cm³/mol. The van der Waals surface area contributed by atoms with Gasteiger partial charge in [0.05, 0.1) is 18.6 Å². The van der Waals surface area contributed by atoms with Crippen LogP contribution in [0.2, 0.25) is 0 Å². The zero-order valence-electron chi connectivity index (χ0n) is 12.0. The summed E-state index contributed by atoms with van der Waals surface area (Å²) in [6.07, 6.45) is 1.20. The van der Waals surface area contributed by atoms with Gasteiger partial charge in [-0.1, -0.05) is 12.1 Å². The van der Waals surface area contributed by atoms with Crippen molar-refractivity contribution in [1.82, 2.24) is 4.31 Å². The molecule has 0 aliphatic carbocycles. The average Bonchev–Trinajstić information content (AvgIpc) is 2.40. The molecule has 0 heterocycles. The van der Waals surface area contributed by atoms with Gasteiger partial charge in [0, 0.05) is 31.1 Å². The van der Waals surface area contributed by atoms with Gasteiger partial charge in [0.15, 0.2) is 0 Å². The zero-order chi connectivity index (χ0) is 15.9. The summed E-state index contributed by atoms with van der Waals surface area (Å²) in [5, 5.41) is 2.73. The third-order valence-electron chi connectivity index (χ3n) is 2.75. The molecular weight excluding hydrogens is 360 g/mol. The van der Waals surface area contributed by atoms with Gasteiger partial charge in [0.2, 0.25) is 15.9 Å². The third kappa shape index (κ3) is 6.56. The van der Waals surface area contributed by atoms with Crippen molar-refractivity contribution < 1.29 is 17.9 Å². The molecule has 1 amide bonds. The highest BCUT2D eigenvalue weighted by molar-refractivity contribution is 9.10. The number of para-hydroxylation sites is 1. The van der Waals surface area contributed by atoms with Gasteiger partial charge in [0.1, 0.15) is 0 Å². The minimum absolute atomic E-state index is 0.0815. The van der Waals surface area contributed by atoms with Crippen LogP contribution in [0.5, 0.6) is 0 Å². The van der Waals surface area contributed by atoms with Gasteiger partial charge >= 0.3 is 0 Å². The lowest BCUT2D eigenvalue weighted by atomic mass is 10.3. The van der Waals surface area contributed by atoms with E-state index in [9.17, 15) is 13.2 Å². The van der Waals surface area contributed by atoms with E-state index in [1.165, 1.54) is 11.4 Å². The molecule has 1 aromatic rings. The summed E-state index contributed by atoms with van der Waals surface area (Å²) in [4.78, 5) is 11.9. The second-order valence-corrected chi connectivity index (χ2v) is 7.27. The van der Waals surface area contributed by atoms with Crippen molar-refractivity contribution in [3.8, 4) is 0 Å². The van der Waals surface area contributed by atoms with Crippen molar-refractivity contribution in [2.75, 3.05) is 38.4 Å². The number of rotatable bonds is 8. The summed E-state index contributed by atoms with van der Waals surface area (Å²) in [5.41, 5.74) is 0.658. The van der Waals surface area contributed by atoms with E-state index in [-0.39, 0.29) is 25.4 Å². The van der Waals surface area contributed by atoms with E-state index >= 15 is 0 Å². The highest BCUT2D eigenvalue weighted by atomic mass is 79.9. The number of benzene rings is 1. The van der Waals surface area contributed by atoms with Gasteiger partial charge < -0.3 is 10.1 Å². The fourth-order valence-corrected chi connectivity index (χ4v) is 2.85. The molecule has 0 aliphatic heterocycles. The van der Waals surface area contributed by atoms with Crippen LogP contribution in [0.3, 0.4) is 0 Å². The summed E-state index contributed by atoms with van der Waals surface area (Å²) in [5.74, 6) is -0.243. The second kappa shape index (κ2) is 8.47. The van der Waals surface area contributed by atoms with Crippen LogP contribution < -0.4 is 5.32 Å². The van der Waals surface area contributed by atoms with Crippen LogP contribution in [0.15, 0.2) is 28.7 Å². The quantitative estimate of drug-likeness (QED) is 0.746. The number of carbonyl (C=O) groups excluding carboxylic acids is 1. The lowest BCUT2D eigenvalue weighted by Crippen LogP contribution is -2.35. The molecule has 0 saturated heterocycles. The zero-order valence-corrected chi connectivity index (χ0v) is 14.4. The number of hydrogen-bond donors (Lipinski definition) is 1. The van der Waals surface area contributed by atoms with Crippen molar-refractivity contribution >= 4 is 37.5 Å². The highest BCUT2D eigenvalue weighted by Gasteiger charge is 2.17. The van der Waals surface area contributed by atoms with Gasteiger partial charge in [-0.15, -0.1) is 0 Å². The molecule has 8 heteroatoms. The van der Waals surface area contributed by atoms with Crippen molar-refractivity contribution in [2.45, 2.75) is 6.42 Å². The molecule has 0 aromatic heterocycles. The number of halogens is 1. The minimum atomic E-state index is -3.35. The Balaban J connectivity index is 2.56. The molecule has 0 aliphatic rings. The number of hydrogen-bond acceptors (Lipinski definition) is 4. The van der Waals surface area contributed by atoms with Crippen molar-refractivity contribution in [1.29, 1.82) is 0 Å². The topological polar surface area (TPSA) is 75.7 Å². The summed E-state index contributed by atoms with van der Waals surface area (Å²) >= 11 is 3.33. The van der Waals surface area contributed by atoms with Gasteiger partial charge in [-0.25, -0.2) is 8.42 Å². The monoisotopic (exact) mass is 378 g/mol. The van der Waals surface area contributed by atoms with Crippen molar-refractivity contribution in [2.24, 2.45) is 0 Å². The maximum atomic E-state index is 11.9. The van der Waals surface area contributed by atoms with Crippen LogP contribution in [0.4, 0.5) is 5.69 Å². The molecule has 6 nitrogen and oxygen atoms in total. The van der Waals surface area contributed by atoms with Crippen LogP contribution in [-0.2, 0) is 19.6 Å². The van der Waals surface area contributed by atoms with Gasteiger partial charge in [-0.3, -0.25) is 4.79 Å². The highest BCUT2D eigenvalue weighted by Crippen LogP contribution is 2.21. The third-order valence-corrected chi connectivity index (χ3v) is 4.74. The molecule has 0 fully saturated rings. The SMILES string of the molecule is COCCN(CCC(=O)Nc1ccccc1Br)S(C)(=O)=O. The van der Waals surface area contributed by atoms with Crippen LogP contribution in [0.1, 0.15) is 6.42 Å². The summed E-state index contributed by atoms with van der Waals surface area (Å²) < 4.78 is 30.1. The first-order valence-corrected chi connectivity index (χ1v) is 8.97. The number of nitrogens with one attached hydrogen (secondary N) is 1. The Morgan fingerprint density at radius 3 is 2.57 bits per heavy atom. The first-order valence-electron chi connectivity index (χ1n) is 6.33. The van der Waals surface area contributed by atoms with Gasteiger partial charge in [-0.2, -0.15) is 4.31 Å². The maximum absolute atomic E-state index is 11.9. The molecule has 21 heavy (non-hydrogen) atoms. The molecule has 1 rings (SSSR count). The van der Waals surface area contributed by atoms with E-state index in [0.29, 0.717) is 12.3 Å². The summed E-state index contributed by atoms with van der Waals surface area (Å²) in [7, 11) is -1.85. The minimum Gasteiger partial charge on any atom is -0.383 e. The largest absolute Gasteiger partial charge is 0.383 e. The number of nitrogens with zero attached hydrogens (tertiary/aromatic N) is 1. The Kier molecular flexibility index (Phi) is 7.30. The molecular formula is C13H19BrN2O4S. The average molecular weight is 379 g/mol. The van der Waals surface area contributed by atoms with Crippen LogP contribution in [-0.4, -0.2) is 51.7 Å². The lowest BCUT2D eigenvalue weighted by Gasteiger charge is -2.19. The van der Waals surface area contributed by atoms with Crippen molar-refractivity contribution in [3.05, 3.63) is 28.7 Å². The van der Waals surface area contributed by atoms with Crippen LogP contribution in [0.25, 0.3) is 0 Å². The Morgan fingerprint density at radius 2 is 2.00 bits per heavy atom. The molecule has 0 spiro atoms. The number of sulfonamides is 1. The van der Waals surface area contributed by atoms with Crippen LogP contribution in [0, 0.1) is 0 Å². The Hall–Kier alpha value is -0.960. The van der Waals surface area contributed by atoms with E-state index in [2.05, 4.69) is 21.2 Å². The smallest absolute Gasteiger partial charge is 0.225 e. The van der Waals surface area contributed by atoms with Gasteiger partial charge in [0.25, 0.3) is 0 Å². The number of anilines is 1. The molecule has 0 bridgehead atoms. The van der Waals surface area contributed by atoms with Crippen LogP contribution >= 0.6 is 15.9 Å². The first kappa shape index (κ1) is 18.1. The van der Waals surface area contributed by atoms with E-state index in [1.54, 1.807) is 6.07 Å². The fraction of sp³-hybridized carbons (Fsp3) is 0.462. The van der Waals surface area contributed by atoms with Gasteiger partial charge in [-0.05, 0) is 28.1 Å². The van der Waals surface area contributed by atoms with E-state index in [0.717, 1.165) is 10.7 Å². The summed E-state index contributed by atoms with van der Waals surface area (Å²) in [6, 6.07) is 7.23. The fourth-order valence-electron chi connectivity index (χ4n) is 1.64. The van der Waals surface area contributed by atoms with Crippen molar-refractivity contribution in [3.63, 3.8) is 0 Å².